The Labute approximate surface area is 148 Å². The highest BCUT2D eigenvalue weighted by Crippen LogP contribution is 2.08. The number of hydrogen-bond donors (Lipinski definition) is 1. The normalized spacial score (nSPS) is 17.5. The molecule has 25 heavy (non-hydrogen) atoms. The van der Waals surface area contributed by atoms with Crippen molar-refractivity contribution in [2.75, 3.05) is 19.8 Å². The Balaban J connectivity index is 1.47. The molecule has 0 radical (unpaired) electrons. The Morgan fingerprint density at radius 3 is 3.00 bits per heavy atom. The standard InChI is InChI=1S/C19H26N4O2/c1-16-15-25-13-12-23(16)19(24)21-14-18-20-9-11-22(18)10-5-8-17-6-3-2-4-7-17/h2-4,6-7,9,11,16H,5,8,10,12-15H2,1H3,(H,21,24)/t16-/m0/s1. The van der Waals surface area contributed by atoms with Gasteiger partial charge in [-0.3, -0.25) is 0 Å². The van der Waals surface area contributed by atoms with Crippen molar-refractivity contribution in [3.63, 3.8) is 0 Å². The Morgan fingerprint density at radius 1 is 1.36 bits per heavy atom. The van der Waals surface area contributed by atoms with E-state index in [1.807, 2.05) is 24.1 Å². The molecule has 1 saturated heterocycles. The van der Waals surface area contributed by atoms with Crippen molar-refractivity contribution >= 4 is 6.03 Å². The first-order chi connectivity index (χ1) is 12.2. The second kappa shape index (κ2) is 8.67. The van der Waals surface area contributed by atoms with E-state index in [2.05, 4.69) is 39.1 Å². The van der Waals surface area contributed by atoms with Gasteiger partial charge in [0.05, 0.1) is 25.8 Å². The van der Waals surface area contributed by atoms with Crippen LogP contribution in [0.4, 0.5) is 4.79 Å². The molecule has 2 aromatic rings. The quantitative estimate of drug-likeness (QED) is 0.877. The molecular weight excluding hydrogens is 316 g/mol. The van der Waals surface area contributed by atoms with Crippen LogP contribution in [0.5, 0.6) is 0 Å². The van der Waals surface area contributed by atoms with Crippen LogP contribution in [0, 0.1) is 0 Å². The summed E-state index contributed by atoms with van der Waals surface area (Å²) in [7, 11) is 0. The molecule has 2 heterocycles. The van der Waals surface area contributed by atoms with E-state index in [1.54, 1.807) is 6.20 Å². The van der Waals surface area contributed by atoms with Crippen LogP contribution in [0.15, 0.2) is 42.7 Å². The number of hydrogen-bond acceptors (Lipinski definition) is 3. The number of amides is 2. The number of carbonyl (C=O) groups is 1. The molecule has 0 spiro atoms. The summed E-state index contributed by atoms with van der Waals surface area (Å²) < 4.78 is 7.49. The third-order valence-corrected chi connectivity index (χ3v) is 4.54. The zero-order valence-electron chi connectivity index (χ0n) is 14.7. The highest BCUT2D eigenvalue weighted by atomic mass is 16.5. The molecule has 1 aliphatic heterocycles. The van der Waals surface area contributed by atoms with E-state index < -0.39 is 0 Å². The van der Waals surface area contributed by atoms with Gasteiger partial charge in [0.15, 0.2) is 0 Å². The molecule has 134 valence electrons. The van der Waals surface area contributed by atoms with Gasteiger partial charge in [0, 0.05) is 25.5 Å². The van der Waals surface area contributed by atoms with Gasteiger partial charge in [-0.2, -0.15) is 0 Å². The molecule has 1 atom stereocenters. The third-order valence-electron chi connectivity index (χ3n) is 4.54. The van der Waals surface area contributed by atoms with Crippen LogP contribution in [-0.4, -0.2) is 46.3 Å². The van der Waals surface area contributed by atoms with Gasteiger partial charge < -0.3 is 19.5 Å². The van der Waals surface area contributed by atoms with Crippen LogP contribution in [0.25, 0.3) is 0 Å². The van der Waals surface area contributed by atoms with Crippen LogP contribution in [0.1, 0.15) is 24.7 Å². The zero-order chi connectivity index (χ0) is 17.5. The Hall–Kier alpha value is -2.34. The van der Waals surface area contributed by atoms with Crippen LogP contribution in [0.3, 0.4) is 0 Å². The molecule has 1 N–H and O–H groups in total. The lowest BCUT2D eigenvalue weighted by atomic mass is 10.1. The topological polar surface area (TPSA) is 59.4 Å². The number of ether oxygens (including phenoxy) is 1. The summed E-state index contributed by atoms with van der Waals surface area (Å²) >= 11 is 0. The number of nitrogens with zero attached hydrogens (tertiary/aromatic N) is 3. The van der Waals surface area contributed by atoms with Crippen LogP contribution < -0.4 is 5.32 Å². The molecule has 3 rings (SSSR count). The first-order valence-electron chi connectivity index (χ1n) is 8.90. The first kappa shape index (κ1) is 17.5. The average Bonchev–Trinajstić information content (AvgIpc) is 3.08. The van der Waals surface area contributed by atoms with Gasteiger partial charge in [-0.15, -0.1) is 0 Å². The lowest BCUT2D eigenvalue weighted by Crippen LogP contribution is -2.51. The number of urea groups is 1. The Morgan fingerprint density at radius 2 is 2.20 bits per heavy atom. The summed E-state index contributed by atoms with van der Waals surface area (Å²) in [6, 6.07) is 10.5. The van der Waals surface area contributed by atoms with Gasteiger partial charge in [-0.25, -0.2) is 9.78 Å². The van der Waals surface area contributed by atoms with Crippen LogP contribution in [-0.2, 0) is 24.2 Å². The summed E-state index contributed by atoms with van der Waals surface area (Å²) in [4.78, 5) is 18.5. The molecule has 0 aliphatic carbocycles. The predicted octanol–water partition coefficient (Wildman–Crippen LogP) is 2.45. The van der Waals surface area contributed by atoms with E-state index >= 15 is 0 Å². The van der Waals surface area contributed by atoms with Gasteiger partial charge in [-0.05, 0) is 25.3 Å². The number of imidazole rings is 1. The lowest BCUT2D eigenvalue weighted by molar-refractivity contribution is 0.0189. The van der Waals surface area contributed by atoms with Crippen LogP contribution in [0.2, 0.25) is 0 Å². The third kappa shape index (κ3) is 4.82. The van der Waals surface area contributed by atoms with Gasteiger partial charge >= 0.3 is 6.03 Å². The maximum atomic E-state index is 12.3. The van der Waals surface area contributed by atoms with Crippen LogP contribution >= 0.6 is 0 Å². The number of rotatable bonds is 6. The molecule has 1 aromatic carbocycles. The molecular formula is C19H26N4O2. The molecule has 1 fully saturated rings. The molecule has 0 saturated carbocycles. The van der Waals surface area contributed by atoms with Gasteiger partial charge in [-0.1, -0.05) is 30.3 Å². The maximum absolute atomic E-state index is 12.3. The number of nitrogens with one attached hydrogen (secondary N) is 1. The Bertz CT molecular complexity index is 671. The molecule has 6 nitrogen and oxygen atoms in total. The van der Waals surface area contributed by atoms with E-state index in [-0.39, 0.29) is 12.1 Å². The summed E-state index contributed by atoms with van der Waals surface area (Å²) in [6.45, 7) is 5.19. The molecule has 1 aromatic heterocycles. The number of benzene rings is 1. The fraction of sp³-hybridized carbons (Fsp3) is 0.474. The number of carbonyl (C=O) groups excluding carboxylic acids is 1. The van der Waals surface area contributed by atoms with Gasteiger partial charge in [0.1, 0.15) is 5.82 Å². The maximum Gasteiger partial charge on any atom is 0.318 e. The van der Waals surface area contributed by atoms with Crippen molar-refractivity contribution in [3.05, 3.63) is 54.1 Å². The average molecular weight is 342 g/mol. The molecule has 0 unspecified atom stereocenters. The van der Waals surface area contributed by atoms with E-state index in [0.29, 0.717) is 26.3 Å². The van der Waals surface area contributed by atoms with Crippen molar-refractivity contribution in [3.8, 4) is 0 Å². The largest absolute Gasteiger partial charge is 0.377 e. The molecule has 1 aliphatic rings. The molecule has 0 bridgehead atoms. The summed E-state index contributed by atoms with van der Waals surface area (Å²) in [5.41, 5.74) is 1.35. The van der Waals surface area contributed by atoms with Crippen molar-refractivity contribution in [2.45, 2.75) is 38.9 Å². The van der Waals surface area contributed by atoms with E-state index in [1.165, 1.54) is 5.56 Å². The second-order valence-corrected chi connectivity index (χ2v) is 6.40. The second-order valence-electron chi connectivity index (χ2n) is 6.40. The van der Waals surface area contributed by atoms with Crippen molar-refractivity contribution < 1.29 is 9.53 Å². The summed E-state index contributed by atoms with van der Waals surface area (Å²) in [6.07, 6.45) is 5.85. The van der Waals surface area contributed by atoms with Crippen molar-refractivity contribution in [1.82, 2.24) is 19.8 Å². The number of aryl methyl sites for hydroxylation is 2. The highest BCUT2D eigenvalue weighted by Gasteiger charge is 2.23. The van der Waals surface area contributed by atoms with E-state index in [9.17, 15) is 4.79 Å². The molecule has 2 amide bonds. The SMILES string of the molecule is C[C@H]1COCCN1C(=O)NCc1nccn1CCCc1ccccc1. The summed E-state index contributed by atoms with van der Waals surface area (Å²) in [5, 5.41) is 2.98. The lowest BCUT2D eigenvalue weighted by Gasteiger charge is -2.33. The van der Waals surface area contributed by atoms with Gasteiger partial charge in [0.2, 0.25) is 0 Å². The van der Waals surface area contributed by atoms with E-state index in [0.717, 1.165) is 25.2 Å². The van der Waals surface area contributed by atoms with E-state index in [4.69, 9.17) is 4.74 Å². The minimum absolute atomic E-state index is 0.0466. The van der Waals surface area contributed by atoms with Gasteiger partial charge in [0.25, 0.3) is 0 Å². The van der Waals surface area contributed by atoms with Crippen molar-refractivity contribution in [1.29, 1.82) is 0 Å². The monoisotopic (exact) mass is 342 g/mol. The Kier molecular flexibility index (Phi) is 6.06. The fourth-order valence-electron chi connectivity index (χ4n) is 3.09. The highest BCUT2D eigenvalue weighted by molar-refractivity contribution is 5.74. The smallest absolute Gasteiger partial charge is 0.318 e. The predicted molar refractivity (Wildman–Crippen MR) is 96.2 cm³/mol. The molecule has 6 heteroatoms. The zero-order valence-corrected chi connectivity index (χ0v) is 14.7. The van der Waals surface area contributed by atoms with Crippen molar-refractivity contribution in [2.24, 2.45) is 0 Å². The summed E-state index contributed by atoms with van der Waals surface area (Å²) in [5.74, 6) is 0.891. The number of morpholine rings is 1. The fourth-order valence-corrected chi connectivity index (χ4v) is 3.09. The number of aromatic nitrogens is 2. The minimum atomic E-state index is -0.0466. The minimum Gasteiger partial charge on any atom is -0.377 e. The first-order valence-corrected chi connectivity index (χ1v) is 8.90.